The number of benzene rings is 2. The summed E-state index contributed by atoms with van der Waals surface area (Å²) in [6, 6.07) is 14.7. The van der Waals surface area contributed by atoms with E-state index in [9.17, 15) is 0 Å². The van der Waals surface area contributed by atoms with E-state index >= 15 is 0 Å². The van der Waals surface area contributed by atoms with Crippen LogP contribution in [0.5, 0.6) is 11.5 Å². The summed E-state index contributed by atoms with van der Waals surface area (Å²) >= 11 is 0. The van der Waals surface area contributed by atoms with E-state index in [1.807, 2.05) is 49.3 Å². The zero-order valence-corrected chi connectivity index (χ0v) is 20.1. The molecule has 0 spiro atoms. The first-order chi connectivity index (χ1) is 16.1. The summed E-state index contributed by atoms with van der Waals surface area (Å²) in [7, 11) is 7.41. The molecule has 7 heteroatoms. The Morgan fingerprint density at radius 1 is 0.941 bits per heavy atom. The van der Waals surface area contributed by atoms with Crippen LogP contribution in [0.1, 0.15) is 38.7 Å². The van der Waals surface area contributed by atoms with E-state index in [2.05, 4.69) is 22.8 Å². The largest absolute Gasteiger partial charge is 0.493 e. The van der Waals surface area contributed by atoms with Gasteiger partial charge in [-0.25, -0.2) is 4.98 Å². The number of nitrogens with zero attached hydrogens (tertiary/aromatic N) is 3. The Morgan fingerprint density at radius 2 is 1.71 bits per heavy atom. The second-order valence-corrected chi connectivity index (χ2v) is 8.91. The Labute approximate surface area is 203 Å². The normalized spacial score (nSPS) is 17.6. The summed E-state index contributed by atoms with van der Waals surface area (Å²) in [5.74, 6) is 3.89. The van der Waals surface area contributed by atoms with Gasteiger partial charge in [-0.2, -0.15) is 4.98 Å². The van der Waals surface area contributed by atoms with E-state index in [0.29, 0.717) is 17.9 Å². The molecule has 1 aromatic heterocycles. The van der Waals surface area contributed by atoms with Crippen molar-refractivity contribution in [3.63, 3.8) is 0 Å². The SMILES string of the molecule is C.COc1cccc(CNC2CCC(CNc3nc(N(C)C)c4ccccc4n3)CC2)c1OC. The van der Waals surface area contributed by atoms with Crippen molar-refractivity contribution in [1.29, 1.82) is 0 Å². The fourth-order valence-electron chi connectivity index (χ4n) is 4.63. The lowest BCUT2D eigenvalue weighted by molar-refractivity contribution is 0.297. The quantitative estimate of drug-likeness (QED) is 0.455. The van der Waals surface area contributed by atoms with Crippen LogP contribution in [0, 0.1) is 5.92 Å². The van der Waals surface area contributed by atoms with Crippen molar-refractivity contribution in [2.45, 2.75) is 45.7 Å². The number of aromatic nitrogens is 2. The number of hydrogen-bond acceptors (Lipinski definition) is 7. The van der Waals surface area contributed by atoms with Gasteiger partial charge in [-0.1, -0.05) is 31.7 Å². The number of ether oxygens (including phenoxy) is 2. The monoisotopic (exact) mass is 465 g/mol. The van der Waals surface area contributed by atoms with Gasteiger partial charge in [-0.05, 0) is 49.8 Å². The predicted octanol–water partition coefficient (Wildman–Crippen LogP) is 5.11. The Morgan fingerprint density at radius 3 is 2.41 bits per heavy atom. The molecule has 1 heterocycles. The molecule has 4 rings (SSSR count). The predicted molar refractivity (Wildman–Crippen MR) is 141 cm³/mol. The maximum absolute atomic E-state index is 5.56. The van der Waals surface area contributed by atoms with E-state index in [-0.39, 0.29) is 7.43 Å². The van der Waals surface area contributed by atoms with Crippen molar-refractivity contribution >= 4 is 22.7 Å². The average Bonchev–Trinajstić information content (AvgIpc) is 2.85. The lowest BCUT2D eigenvalue weighted by atomic mass is 9.86. The van der Waals surface area contributed by atoms with E-state index in [0.717, 1.165) is 46.9 Å². The van der Waals surface area contributed by atoms with Crippen molar-refractivity contribution in [2.75, 3.05) is 45.1 Å². The number of para-hydroxylation sites is 2. The lowest BCUT2D eigenvalue weighted by Crippen LogP contribution is -2.34. The molecule has 34 heavy (non-hydrogen) atoms. The summed E-state index contributed by atoms with van der Waals surface area (Å²) in [4.78, 5) is 11.5. The summed E-state index contributed by atoms with van der Waals surface area (Å²) in [5, 5.41) is 8.29. The zero-order chi connectivity index (χ0) is 23.2. The number of nitrogens with one attached hydrogen (secondary N) is 2. The molecule has 2 aromatic carbocycles. The molecule has 184 valence electrons. The Kier molecular flexibility index (Phi) is 8.93. The first kappa shape index (κ1) is 25.6. The van der Waals surface area contributed by atoms with Crippen LogP contribution in [-0.4, -0.2) is 50.9 Å². The molecule has 1 saturated carbocycles. The minimum Gasteiger partial charge on any atom is -0.493 e. The highest BCUT2D eigenvalue weighted by atomic mass is 16.5. The van der Waals surface area contributed by atoms with E-state index in [1.165, 1.54) is 25.7 Å². The highest BCUT2D eigenvalue weighted by Crippen LogP contribution is 2.31. The van der Waals surface area contributed by atoms with E-state index in [4.69, 9.17) is 19.4 Å². The molecular formula is C27H39N5O2. The molecule has 0 atom stereocenters. The molecule has 1 fully saturated rings. The minimum absolute atomic E-state index is 0. The zero-order valence-electron chi connectivity index (χ0n) is 20.1. The average molecular weight is 466 g/mol. The molecule has 1 aliphatic rings. The van der Waals surface area contributed by atoms with Gasteiger partial charge in [0.2, 0.25) is 5.95 Å². The molecule has 0 saturated heterocycles. The maximum atomic E-state index is 5.56. The van der Waals surface area contributed by atoms with Crippen LogP contribution in [0.15, 0.2) is 42.5 Å². The van der Waals surface area contributed by atoms with Crippen LogP contribution in [-0.2, 0) is 6.54 Å². The van der Waals surface area contributed by atoms with Crippen molar-refractivity contribution in [3.05, 3.63) is 48.0 Å². The smallest absolute Gasteiger partial charge is 0.225 e. The number of hydrogen-bond donors (Lipinski definition) is 2. The van der Waals surface area contributed by atoms with E-state index < -0.39 is 0 Å². The molecular weight excluding hydrogens is 426 g/mol. The lowest BCUT2D eigenvalue weighted by Gasteiger charge is -2.29. The topological polar surface area (TPSA) is 71.5 Å². The third kappa shape index (κ3) is 5.89. The second-order valence-electron chi connectivity index (χ2n) is 8.91. The summed E-state index contributed by atoms with van der Waals surface area (Å²) in [5.41, 5.74) is 2.10. The van der Waals surface area contributed by atoms with Gasteiger partial charge in [0.1, 0.15) is 5.82 Å². The fourth-order valence-corrected chi connectivity index (χ4v) is 4.63. The molecule has 2 N–H and O–H groups in total. The molecule has 0 aliphatic heterocycles. The third-order valence-corrected chi connectivity index (χ3v) is 6.47. The molecule has 1 aliphatic carbocycles. The van der Waals surface area contributed by atoms with Crippen LogP contribution in [0.25, 0.3) is 10.9 Å². The molecule has 0 unspecified atom stereocenters. The molecule has 7 nitrogen and oxygen atoms in total. The molecule has 0 radical (unpaired) electrons. The standard InChI is InChI=1S/C26H35N5O2.CH4/c1-31(2)25-21-9-5-6-10-22(21)29-26(30-25)28-16-18-12-14-20(15-13-18)27-17-19-8-7-11-23(32-3)24(19)33-4;/h5-11,18,20,27H,12-17H2,1-4H3,(H,28,29,30);1H4. The number of methoxy groups -OCH3 is 2. The van der Waals surface area contributed by atoms with Gasteiger partial charge in [-0.3, -0.25) is 0 Å². The molecule has 0 amide bonds. The van der Waals surface area contributed by atoms with Crippen molar-refractivity contribution < 1.29 is 9.47 Å². The summed E-state index contributed by atoms with van der Waals surface area (Å²) in [6.45, 7) is 1.69. The molecule has 0 bridgehead atoms. The van der Waals surface area contributed by atoms with Crippen molar-refractivity contribution in [2.24, 2.45) is 5.92 Å². The van der Waals surface area contributed by atoms with Crippen molar-refractivity contribution in [1.82, 2.24) is 15.3 Å². The first-order valence-electron chi connectivity index (χ1n) is 11.7. The Bertz CT molecular complexity index is 1060. The van der Waals surface area contributed by atoms with Gasteiger partial charge in [0, 0.05) is 44.2 Å². The highest BCUT2D eigenvalue weighted by molar-refractivity contribution is 5.90. The van der Waals surface area contributed by atoms with Gasteiger partial charge >= 0.3 is 0 Å². The Balaban J connectivity index is 0.00000324. The number of fused-ring (bicyclic) bond motifs is 1. The van der Waals surface area contributed by atoms with Crippen LogP contribution in [0.3, 0.4) is 0 Å². The van der Waals surface area contributed by atoms with Crippen LogP contribution < -0.4 is 25.0 Å². The van der Waals surface area contributed by atoms with Gasteiger partial charge < -0.3 is 25.0 Å². The fraction of sp³-hybridized carbons (Fsp3) is 0.481. The van der Waals surface area contributed by atoms with Gasteiger partial charge in [0.05, 0.1) is 19.7 Å². The molecule has 3 aromatic rings. The van der Waals surface area contributed by atoms with E-state index in [1.54, 1.807) is 14.2 Å². The second kappa shape index (κ2) is 11.9. The summed E-state index contributed by atoms with van der Waals surface area (Å²) in [6.07, 6.45) is 4.71. The van der Waals surface area contributed by atoms with Crippen LogP contribution >= 0.6 is 0 Å². The van der Waals surface area contributed by atoms with Gasteiger partial charge in [0.25, 0.3) is 0 Å². The van der Waals surface area contributed by atoms with Crippen molar-refractivity contribution in [3.8, 4) is 11.5 Å². The highest BCUT2D eigenvalue weighted by Gasteiger charge is 2.22. The van der Waals surface area contributed by atoms with Crippen LogP contribution in [0.4, 0.5) is 11.8 Å². The Hall–Kier alpha value is -3.06. The first-order valence-corrected chi connectivity index (χ1v) is 11.7. The maximum Gasteiger partial charge on any atom is 0.225 e. The van der Waals surface area contributed by atoms with Gasteiger partial charge in [-0.15, -0.1) is 0 Å². The van der Waals surface area contributed by atoms with Crippen LogP contribution in [0.2, 0.25) is 0 Å². The summed E-state index contributed by atoms with van der Waals surface area (Å²) < 4.78 is 11.0. The number of rotatable bonds is 9. The minimum atomic E-state index is 0. The number of anilines is 2. The third-order valence-electron chi connectivity index (χ3n) is 6.47. The van der Waals surface area contributed by atoms with Gasteiger partial charge in [0.15, 0.2) is 11.5 Å².